The van der Waals surface area contributed by atoms with Crippen molar-refractivity contribution in [1.82, 2.24) is 19.7 Å². The van der Waals surface area contributed by atoms with Crippen LogP contribution in [0.4, 0.5) is 5.82 Å². The normalized spacial score (nSPS) is 17.3. The van der Waals surface area contributed by atoms with E-state index in [1.807, 2.05) is 59.6 Å². The van der Waals surface area contributed by atoms with E-state index in [0.29, 0.717) is 18.7 Å². The second-order valence-electron chi connectivity index (χ2n) is 10.0. The summed E-state index contributed by atoms with van der Waals surface area (Å²) in [7, 11) is 1.67. The van der Waals surface area contributed by atoms with E-state index in [1.165, 1.54) is 0 Å². The van der Waals surface area contributed by atoms with E-state index in [1.54, 1.807) is 18.0 Å². The van der Waals surface area contributed by atoms with Crippen LogP contribution in [0.1, 0.15) is 41.6 Å². The highest BCUT2D eigenvalue weighted by Gasteiger charge is 2.26. The van der Waals surface area contributed by atoms with Gasteiger partial charge in [-0.3, -0.25) is 4.79 Å². The zero-order valence-electron chi connectivity index (χ0n) is 21.8. The molecule has 2 aliphatic heterocycles. The number of carbonyl (C=O) groups is 1. The number of fused-ring (bicyclic) bond motifs is 1. The number of carbonyl (C=O) groups excluding carboxylic acids is 1. The van der Waals surface area contributed by atoms with Crippen LogP contribution in [-0.4, -0.2) is 65.0 Å². The zero-order chi connectivity index (χ0) is 25.9. The standard InChI is InChI=1S/C30H33N5O3/c1-37-26-12-9-23-18-24(29(32-28(23)19-26)33-14-2-3-15-33)20-34(21-27-6-4-17-38-27)30(36)22-7-10-25(11-8-22)35-16-5-13-31-35/h5,7-13,16,18-19,27H,2-4,6,14-15,17,20-21H2,1H3/t27-/m1/s1. The summed E-state index contributed by atoms with van der Waals surface area (Å²) in [5.74, 6) is 1.75. The molecule has 0 radical (unpaired) electrons. The molecule has 2 saturated heterocycles. The van der Waals surface area contributed by atoms with Gasteiger partial charge in [-0.1, -0.05) is 0 Å². The van der Waals surface area contributed by atoms with Crippen molar-refractivity contribution in [2.24, 2.45) is 0 Å². The molecule has 2 aromatic heterocycles. The average molecular weight is 512 g/mol. The highest BCUT2D eigenvalue weighted by molar-refractivity contribution is 5.94. The molecule has 6 rings (SSSR count). The molecular formula is C30H33N5O3. The summed E-state index contributed by atoms with van der Waals surface area (Å²) in [5.41, 5.74) is 3.54. The molecule has 0 saturated carbocycles. The van der Waals surface area contributed by atoms with E-state index in [9.17, 15) is 4.79 Å². The Morgan fingerprint density at radius 1 is 1.11 bits per heavy atom. The molecule has 1 atom stereocenters. The SMILES string of the molecule is COc1ccc2cc(CN(C[C@H]3CCCO3)C(=O)c3ccc(-n4cccn4)cc3)c(N3CCCC3)nc2c1. The molecule has 2 aromatic carbocycles. The van der Waals surface area contributed by atoms with Gasteiger partial charge in [-0.2, -0.15) is 5.10 Å². The Morgan fingerprint density at radius 3 is 2.66 bits per heavy atom. The summed E-state index contributed by atoms with van der Waals surface area (Å²) in [6.45, 7) is 3.73. The number of hydrogen-bond donors (Lipinski definition) is 0. The minimum atomic E-state index is -0.00489. The van der Waals surface area contributed by atoms with Gasteiger partial charge in [0.2, 0.25) is 0 Å². The fraction of sp³-hybridized carbons (Fsp3) is 0.367. The Kier molecular flexibility index (Phi) is 6.96. The van der Waals surface area contributed by atoms with Gasteiger partial charge in [-0.25, -0.2) is 9.67 Å². The Hall–Kier alpha value is -3.91. The predicted molar refractivity (Wildman–Crippen MR) is 147 cm³/mol. The molecule has 0 N–H and O–H groups in total. The third-order valence-electron chi connectivity index (χ3n) is 7.47. The molecule has 4 aromatic rings. The van der Waals surface area contributed by atoms with Gasteiger partial charge in [0, 0.05) is 67.8 Å². The lowest BCUT2D eigenvalue weighted by atomic mass is 10.1. The molecule has 0 aliphatic carbocycles. The van der Waals surface area contributed by atoms with Crippen LogP contribution >= 0.6 is 0 Å². The van der Waals surface area contributed by atoms with Gasteiger partial charge >= 0.3 is 0 Å². The minimum Gasteiger partial charge on any atom is -0.497 e. The summed E-state index contributed by atoms with van der Waals surface area (Å²) < 4.78 is 13.2. The second-order valence-corrected chi connectivity index (χ2v) is 10.0. The molecule has 196 valence electrons. The van der Waals surface area contributed by atoms with E-state index in [2.05, 4.69) is 16.1 Å². The maximum atomic E-state index is 13.9. The van der Waals surface area contributed by atoms with Crippen LogP contribution in [0.15, 0.2) is 67.0 Å². The fourth-order valence-corrected chi connectivity index (χ4v) is 5.45. The molecule has 0 bridgehead atoms. The molecule has 2 fully saturated rings. The Labute approximate surface area is 222 Å². The lowest BCUT2D eigenvalue weighted by Gasteiger charge is -2.28. The molecule has 8 nitrogen and oxygen atoms in total. The van der Waals surface area contributed by atoms with Gasteiger partial charge in [0.05, 0.1) is 24.4 Å². The van der Waals surface area contributed by atoms with Gasteiger partial charge in [0.25, 0.3) is 5.91 Å². The fourth-order valence-electron chi connectivity index (χ4n) is 5.45. The first-order chi connectivity index (χ1) is 18.7. The Balaban J connectivity index is 1.34. The monoisotopic (exact) mass is 511 g/mol. The molecule has 38 heavy (non-hydrogen) atoms. The van der Waals surface area contributed by atoms with Crippen molar-refractivity contribution in [2.45, 2.75) is 38.3 Å². The maximum absolute atomic E-state index is 13.9. The summed E-state index contributed by atoms with van der Waals surface area (Å²) in [6.07, 6.45) is 7.99. The second kappa shape index (κ2) is 10.8. The minimum absolute atomic E-state index is 0.00489. The van der Waals surface area contributed by atoms with Crippen LogP contribution < -0.4 is 9.64 Å². The largest absolute Gasteiger partial charge is 0.497 e. The number of hydrogen-bond acceptors (Lipinski definition) is 6. The quantitative estimate of drug-likeness (QED) is 0.337. The number of methoxy groups -OCH3 is 1. The van der Waals surface area contributed by atoms with E-state index in [0.717, 1.165) is 79.1 Å². The first kappa shape index (κ1) is 24.4. The van der Waals surface area contributed by atoms with Gasteiger partial charge in [0.15, 0.2) is 0 Å². The van der Waals surface area contributed by atoms with Gasteiger partial charge in [-0.05, 0) is 74.2 Å². The lowest BCUT2D eigenvalue weighted by molar-refractivity contribution is 0.0507. The molecule has 8 heteroatoms. The van der Waals surface area contributed by atoms with Crippen molar-refractivity contribution in [3.8, 4) is 11.4 Å². The van der Waals surface area contributed by atoms with Crippen LogP contribution in [0.5, 0.6) is 5.75 Å². The number of aromatic nitrogens is 3. The third kappa shape index (κ3) is 5.09. The van der Waals surface area contributed by atoms with Gasteiger partial charge < -0.3 is 19.3 Å². The van der Waals surface area contributed by atoms with Crippen LogP contribution in [0.2, 0.25) is 0 Å². The highest BCUT2D eigenvalue weighted by atomic mass is 16.5. The van der Waals surface area contributed by atoms with Crippen molar-refractivity contribution in [1.29, 1.82) is 0 Å². The van der Waals surface area contributed by atoms with Crippen molar-refractivity contribution >= 4 is 22.6 Å². The number of nitrogens with zero attached hydrogens (tertiary/aromatic N) is 5. The average Bonchev–Trinajstić information content (AvgIpc) is 3.76. The molecule has 2 aliphatic rings. The van der Waals surface area contributed by atoms with E-state index in [-0.39, 0.29) is 12.0 Å². The van der Waals surface area contributed by atoms with Gasteiger partial charge in [0.1, 0.15) is 11.6 Å². The summed E-state index contributed by atoms with van der Waals surface area (Å²) in [4.78, 5) is 23.3. The number of pyridine rings is 1. The number of amides is 1. The molecule has 0 spiro atoms. The first-order valence-electron chi connectivity index (χ1n) is 13.4. The third-order valence-corrected chi connectivity index (χ3v) is 7.47. The van der Waals surface area contributed by atoms with Crippen LogP contribution in [0, 0.1) is 0 Å². The summed E-state index contributed by atoms with van der Waals surface area (Å²) in [6, 6.07) is 17.7. The number of rotatable bonds is 8. The van der Waals surface area contributed by atoms with Crippen molar-refractivity contribution in [3.63, 3.8) is 0 Å². The van der Waals surface area contributed by atoms with Crippen molar-refractivity contribution in [3.05, 3.63) is 78.1 Å². The maximum Gasteiger partial charge on any atom is 0.254 e. The van der Waals surface area contributed by atoms with Crippen LogP contribution in [0.25, 0.3) is 16.6 Å². The molecule has 1 amide bonds. The summed E-state index contributed by atoms with van der Waals surface area (Å²) in [5, 5.41) is 5.33. The Morgan fingerprint density at radius 2 is 1.95 bits per heavy atom. The molecule has 0 unspecified atom stereocenters. The van der Waals surface area contributed by atoms with Crippen molar-refractivity contribution in [2.75, 3.05) is 38.3 Å². The number of anilines is 1. The number of benzene rings is 2. The van der Waals surface area contributed by atoms with E-state index < -0.39 is 0 Å². The van der Waals surface area contributed by atoms with Crippen LogP contribution in [-0.2, 0) is 11.3 Å². The predicted octanol–water partition coefficient (Wildman–Crippen LogP) is 4.85. The highest BCUT2D eigenvalue weighted by Crippen LogP contribution is 2.30. The molecular weight excluding hydrogens is 478 g/mol. The van der Waals surface area contributed by atoms with Crippen LogP contribution in [0.3, 0.4) is 0 Å². The lowest BCUT2D eigenvalue weighted by Crippen LogP contribution is -2.37. The van der Waals surface area contributed by atoms with E-state index in [4.69, 9.17) is 14.5 Å². The zero-order valence-corrected chi connectivity index (χ0v) is 21.8. The first-order valence-corrected chi connectivity index (χ1v) is 13.4. The topological polar surface area (TPSA) is 72.7 Å². The van der Waals surface area contributed by atoms with Gasteiger partial charge in [-0.15, -0.1) is 0 Å². The Bertz CT molecular complexity index is 1390. The summed E-state index contributed by atoms with van der Waals surface area (Å²) >= 11 is 0. The number of ether oxygens (including phenoxy) is 2. The smallest absolute Gasteiger partial charge is 0.254 e. The van der Waals surface area contributed by atoms with Crippen molar-refractivity contribution < 1.29 is 14.3 Å². The molecule has 4 heterocycles. The van der Waals surface area contributed by atoms with E-state index >= 15 is 0 Å².